The first kappa shape index (κ1) is 16.3. The van der Waals surface area contributed by atoms with Crippen molar-refractivity contribution < 1.29 is 18.3 Å². The van der Waals surface area contributed by atoms with E-state index in [0.717, 1.165) is 12.8 Å². The number of carboxylic acids is 1. The Kier molecular flexibility index (Phi) is 5.23. The van der Waals surface area contributed by atoms with Crippen LogP contribution in [0.5, 0.6) is 0 Å². The zero-order valence-corrected chi connectivity index (χ0v) is 13.4. The Balaban J connectivity index is 1.99. The first-order valence-corrected chi connectivity index (χ1v) is 9.47. The van der Waals surface area contributed by atoms with E-state index >= 15 is 0 Å². The van der Waals surface area contributed by atoms with Gasteiger partial charge in [-0.2, -0.15) is 0 Å². The van der Waals surface area contributed by atoms with Crippen LogP contribution in [0.2, 0.25) is 0 Å². The number of piperidine rings is 1. The van der Waals surface area contributed by atoms with Crippen molar-refractivity contribution in [3.05, 3.63) is 23.9 Å². The predicted molar refractivity (Wildman–Crippen MR) is 81.1 cm³/mol. The number of nitrogens with zero attached hydrogens (tertiary/aromatic N) is 2. The van der Waals surface area contributed by atoms with E-state index in [1.165, 1.54) is 28.4 Å². The second-order valence-electron chi connectivity index (χ2n) is 5.10. The van der Waals surface area contributed by atoms with Crippen LogP contribution in [0.15, 0.2) is 23.4 Å². The summed E-state index contributed by atoms with van der Waals surface area (Å²) < 4.78 is 24.7. The van der Waals surface area contributed by atoms with Gasteiger partial charge in [0.25, 0.3) is 0 Å². The number of thioether (sulfide) groups is 1. The van der Waals surface area contributed by atoms with Gasteiger partial charge in [-0.15, -0.1) is 11.8 Å². The molecule has 1 saturated heterocycles. The topological polar surface area (TPSA) is 87.6 Å². The number of pyridine rings is 1. The fourth-order valence-corrected chi connectivity index (χ4v) is 4.38. The van der Waals surface area contributed by atoms with Gasteiger partial charge in [-0.05, 0) is 30.9 Å². The van der Waals surface area contributed by atoms with Crippen LogP contribution in [-0.4, -0.2) is 53.9 Å². The zero-order chi connectivity index (χ0) is 15.5. The molecule has 21 heavy (non-hydrogen) atoms. The van der Waals surface area contributed by atoms with Gasteiger partial charge >= 0.3 is 5.97 Å². The van der Waals surface area contributed by atoms with Crippen LogP contribution in [0.25, 0.3) is 0 Å². The highest BCUT2D eigenvalue weighted by molar-refractivity contribution is 7.99. The van der Waals surface area contributed by atoms with E-state index in [9.17, 15) is 13.2 Å². The molecule has 1 aliphatic heterocycles. The average Bonchev–Trinajstić information content (AvgIpc) is 2.45. The van der Waals surface area contributed by atoms with Gasteiger partial charge in [0.1, 0.15) is 5.03 Å². The number of sulfonamides is 1. The molecule has 0 aromatic carbocycles. The minimum atomic E-state index is -3.15. The Morgan fingerprint density at radius 1 is 1.57 bits per heavy atom. The maximum atomic E-state index is 11.6. The molecule has 1 unspecified atom stereocenters. The van der Waals surface area contributed by atoms with E-state index in [-0.39, 0.29) is 11.5 Å². The third-order valence-electron chi connectivity index (χ3n) is 3.41. The molecule has 0 aliphatic carbocycles. The monoisotopic (exact) mass is 330 g/mol. The summed E-state index contributed by atoms with van der Waals surface area (Å²) >= 11 is 1.38. The van der Waals surface area contributed by atoms with Crippen LogP contribution in [0, 0.1) is 5.92 Å². The SMILES string of the molecule is CS(=O)(=O)N1CCCC(CSc2ncccc2C(=O)O)C1. The molecule has 1 fully saturated rings. The Bertz CT molecular complexity index is 618. The number of hydrogen-bond acceptors (Lipinski definition) is 5. The Hall–Kier alpha value is -1.12. The highest BCUT2D eigenvalue weighted by atomic mass is 32.2. The fraction of sp³-hybridized carbons (Fsp3) is 0.538. The molecule has 0 amide bonds. The van der Waals surface area contributed by atoms with Crippen LogP contribution in [0.4, 0.5) is 0 Å². The van der Waals surface area contributed by atoms with Gasteiger partial charge in [-0.1, -0.05) is 0 Å². The predicted octanol–water partition coefficient (Wildman–Crippen LogP) is 1.54. The number of rotatable bonds is 5. The molecule has 1 aliphatic rings. The Morgan fingerprint density at radius 3 is 3.00 bits per heavy atom. The lowest BCUT2D eigenvalue weighted by Crippen LogP contribution is -2.39. The summed E-state index contributed by atoms with van der Waals surface area (Å²) in [6.45, 7) is 1.07. The maximum absolute atomic E-state index is 11.6. The van der Waals surface area contributed by atoms with Gasteiger partial charge in [0.15, 0.2) is 0 Å². The third-order valence-corrected chi connectivity index (χ3v) is 5.91. The second kappa shape index (κ2) is 6.76. The van der Waals surface area contributed by atoms with Crippen molar-refractivity contribution in [2.24, 2.45) is 5.92 Å². The van der Waals surface area contributed by atoms with Crippen LogP contribution in [0.1, 0.15) is 23.2 Å². The molecule has 2 rings (SSSR count). The van der Waals surface area contributed by atoms with Crippen molar-refractivity contribution in [3.63, 3.8) is 0 Å². The molecule has 1 aromatic rings. The molecule has 1 N–H and O–H groups in total. The smallest absolute Gasteiger partial charge is 0.338 e. The summed E-state index contributed by atoms with van der Waals surface area (Å²) in [4.78, 5) is 15.2. The molecule has 0 radical (unpaired) electrons. The molecular formula is C13H18N2O4S2. The Labute approximate surface area is 128 Å². The van der Waals surface area contributed by atoms with E-state index in [4.69, 9.17) is 5.11 Å². The van der Waals surface area contributed by atoms with Crippen LogP contribution in [-0.2, 0) is 10.0 Å². The number of hydrogen-bond donors (Lipinski definition) is 1. The largest absolute Gasteiger partial charge is 0.478 e. The Morgan fingerprint density at radius 2 is 2.33 bits per heavy atom. The van der Waals surface area contributed by atoms with Gasteiger partial charge in [0.05, 0.1) is 11.8 Å². The number of carboxylic acid groups (broad SMARTS) is 1. The third kappa shape index (κ3) is 4.42. The average molecular weight is 330 g/mol. The highest BCUT2D eigenvalue weighted by Crippen LogP contribution is 2.27. The summed E-state index contributed by atoms with van der Waals surface area (Å²) in [6, 6.07) is 3.13. The quantitative estimate of drug-likeness (QED) is 0.824. The van der Waals surface area contributed by atoms with Crippen LogP contribution >= 0.6 is 11.8 Å². The summed E-state index contributed by atoms with van der Waals surface area (Å²) in [7, 11) is -3.15. The summed E-state index contributed by atoms with van der Waals surface area (Å²) in [5, 5.41) is 9.60. The molecule has 0 bridgehead atoms. The van der Waals surface area contributed by atoms with Crippen molar-refractivity contribution >= 4 is 27.8 Å². The summed E-state index contributed by atoms with van der Waals surface area (Å²) in [5.41, 5.74) is 0.193. The van der Waals surface area contributed by atoms with Crippen molar-refractivity contribution in [2.45, 2.75) is 17.9 Å². The zero-order valence-electron chi connectivity index (χ0n) is 11.7. The van der Waals surface area contributed by atoms with Gasteiger partial charge in [-0.3, -0.25) is 0 Å². The summed E-state index contributed by atoms with van der Waals surface area (Å²) in [6.07, 6.45) is 4.59. The lowest BCUT2D eigenvalue weighted by Gasteiger charge is -2.30. The van der Waals surface area contributed by atoms with Gasteiger partial charge in [-0.25, -0.2) is 22.5 Å². The molecule has 6 nitrogen and oxygen atoms in total. The first-order chi connectivity index (χ1) is 9.88. The molecule has 116 valence electrons. The van der Waals surface area contributed by atoms with Crippen LogP contribution < -0.4 is 0 Å². The molecule has 0 spiro atoms. The van der Waals surface area contributed by atoms with E-state index in [2.05, 4.69) is 4.98 Å². The molecule has 2 heterocycles. The lowest BCUT2D eigenvalue weighted by atomic mass is 10.0. The van der Waals surface area contributed by atoms with Crippen LogP contribution in [0.3, 0.4) is 0 Å². The normalized spacial score (nSPS) is 20.3. The van der Waals surface area contributed by atoms with E-state index in [1.807, 2.05) is 0 Å². The van der Waals surface area contributed by atoms with Gasteiger partial charge < -0.3 is 5.11 Å². The second-order valence-corrected chi connectivity index (χ2v) is 8.09. The lowest BCUT2D eigenvalue weighted by molar-refractivity contribution is 0.0692. The van der Waals surface area contributed by atoms with E-state index in [1.54, 1.807) is 12.3 Å². The van der Waals surface area contributed by atoms with Gasteiger partial charge in [0.2, 0.25) is 10.0 Å². The molecule has 1 aromatic heterocycles. The number of aromatic nitrogens is 1. The standard InChI is InChI=1S/C13H18N2O4S2/c1-21(18,19)15-7-3-4-10(8-15)9-20-12-11(13(16)17)5-2-6-14-12/h2,5-6,10H,3-4,7-9H2,1H3,(H,16,17). The maximum Gasteiger partial charge on any atom is 0.338 e. The molecule has 0 saturated carbocycles. The van der Waals surface area contributed by atoms with Crippen molar-refractivity contribution in [1.29, 1.82) is 0 Å². The van der Waals surface area contributed by atoms with Crippen molar-refractivity contribution in [3.8, 4) is 0 Å². The molecular weight excluding hydrogens is 312 g/mol. The highest BCUT2D eigenvalue weighted by Gasteiger charge is 2.26. The first-order valence-electron chi connectivity index (χ1n) is 6.64. The fourth-order valence-electron chi connectivity index (χ4n) is 2.33. The summed E-state index contributed by atoms with van der Waals surface area (Å²) in [5.74, 6) is -0.0994. The van der Waals surface area contributed by atoms with E-state index < -0.39 is 16.0 Å². The minimum Gasteiger partial charge on any atom is -0.478 e. The van der Waals surface area contributed by atoms with Crippen molar-refractivity contribution in [2.75, 3.05) is 25.1 Å². The van der Waals surface area contributed by atoms with E-state index in [0.29, 0.717) is 23.9 Å². The molecule has 1 atom stereocenters. The molecule has 8 heteroatoms. The number of aromatic carboxylic acids is 1. The number of carbonyl (C=O) groups is 1. The van der Waals surface area contributed by atoms with Gasteiger partial charge in [0, 0.05) is 25.0 Å². The minimum absolute atomic E-state index is 0.193. The van der Waals surface area contributed by atoms with Crippen molar-refractivity contribution in [1.82, 2.24) is 9.29 Å².